The van der Waals surface area contributed by atoms with Gasteiger partial charge in [-0.3, -0.25) is 9.97 Å². The summed E-state index contributed by atoms with van der Waals surface area (Å²) in [6.45, 7) is 0. The molecule has 2 nitrogen and oxygen atoms in total. The molecule has 7 aromatic rings. The summed E-state index contributed by atoms with van der Waals surface area (Å²) in [5, 5.41) is 2.60. The Balaban J connectivity index is 1.49. The molecule has 0 saturated carbocycles. The lowest BCUT2D eigenvalue weighted by Crippen LogP contribution is -1.87. The molecule has 0 fully saturated rings. The second-order valence-corrected chi connectivity index (χ2v) is 10.1. The molecule has 0 atom stereocenters. The van der Waals surface area contributed by atoms with Crippen LogP contribution in [0.25, 0.3) is 64.7 Å². The van der Waals surface area contributed by atoms with Gasteiger partial charge in [-0.15, -0.1) is 11.3 Å². The molecule has 0 amide bonds. The maximum absolute atomic E-state index is 4.37. The maximum Gasteiger partial charge on any atom is 0.0434 e. The van der Waals surface area contributed by atoms with Gasteiger partial charge < -0.3 is 0 Å². The van der Waals surface area contributed by atoms with Crippen molar-refractivity contribution >= 4 is 31.5 Å². The van der Waals surface area contributed by atoms with Crippen molar-refractivity contribution in [3.8, 4) is 44.5 Å². The average molecular weight is 491 g/mol. The zero-order valence-corrected chi connectivity index (χ0v) is 20.8. The summed E-state index contributed by atoms with van der Waals surface area (Å²) in [5.74, 6) is 0. The number of hydrogen-bond donors (Lipinski definition) is 0. The van der Waals surface area contributed by atoms with Crippen molar-refractivity contribution in [1.29, 1.82) is 0 Å². The first kappa shape index (κ1) is 21.7. The molecule has 0 saturated heterocycles. The molecule has 0 spiro atoms. The fourth-order valence-corrected chi connectivity index (χ4v) is 6.45. The van der Waals surface area contributed by atoms with Gasteiger partial charge in [0.2, 0.25) is 0 Å². The first-order valence-electron chi connectivity index (χ1n) is 12.3. The van der Waals surface area contributed by atoms with Crippen LogP contribution in [-0.4, -0.2) is 9.97 Å². The number of fused-ring (bicyclic) bond motifs is 3. The second kappa shape index (κ2) is 9.12. The van der Waals surface area contributed by atoms with E-state index in [-0.39, 0.29) is 0 Å². The third kappa shape index (κ3) is 3.90. The molecule has 0 radical (unpaired) electrons. The lowest BCUT2D eigenvalue weighted by molar-refractivity contribution is 1.32. The molecular formula is C34H22N2S. The van der Waals surface area contributed by atoms with Crippen molar-refractivity contribution in [1.82, 2.24) is 9.97 Å². The highest BCUT2D eigenvalue weighted by atomic mass is 32.1. The molecule has 0 unspecified atom stereocenters. The zero-order chi connectivity index (χ0) is 24.6. The van der Waals surface area contributed by atoms with Crippen LogP contribution in [0.2, 0.25) is 0 Å². The van der Waals surface area contributed by atoms with Crippen LogP contribution in [0.1, 0.15) is 0 Å². The fraction of sp³-hybridized carbons (Fsp3) is 0. The van der Waals surface area contributed by atoms with Crippen LogP contribution < -0.4 is 0 Å². The number of rotatable bonds is 4. The van der Waals surface area contributed by atoms with Gasteiger partial charge in [-0.1, -0.05) is 78.9 Å². The maximum atomic E-state index is 4.37. The van der Waals surface area contributed by atoms with Crippen LogP contribution >= 0.6 is 11.3 Å². The number of benzene rings is 4. The molecule has 37 heavy (non-hydrogen) atoms. The van der Waals surface area contributed by atoms with Crippen molar-refractivity contribution in [2.75, 3.05) is 0 Å². The molecule has 3 aromatic heterocycles. The van der Waals surface area contributed by atoms with E-state index in [2.05, 4.69) is 107 Å². The minimum absolute atomic E-state index is 1.10. The summed E-state index contributed by atoms with van der Waals surface area (Å²) < 4.78 is 2.63. The molecule has 0 bridgehead atoms. The SMILES string of the molecule is c1ccc(-c2cccc3c2sc2c(-c4cc(-c5cccnc5)cc(-c5cccnc5)c4)cccc23)cc1. The predicted octanol–water partition coefficient (Wildman–Crippen LogP) is 9.51. The van der Waals surface area contributed by atoms with Crippen LogP contribution in [0.5, 0.6) is 0 Å². The largest absolute Gasteiger partial charge is 0.264 e. The van der Waals surface area contributed by atoms with Gasteiger partial charge in [0.1, 0.15) is 0 Å². The minimum Gasteiger partial charge on any atom is -0.264 e. The van der Waals surface area contributed by atoms with Crippen molar-refractivity contribution in [3.63, 3.8) is 0 Å². The standard InChI is InChI=1S/C34H22N2S/c1-2-8-23(9-3-1)29-12-4-14-31-32-15-5-13-30(34(32)37-33(29)31)28-19-26(24-10-6-16-35-21-24)18-27(20-28)25-11-7-17-36-22-25/h1-22H. The Morgan fingerprint density at radius 3 is 1.46 bits per heavy atom. The minimum atomic E-state index is 1.10. The molecule has 7 rings (SSSR count). The average Bonchev–Trinajstić information content (AvgIpc) is 3.37. The number of hydrogen-bond acceptors (Lipinski definition) is 3. The summed E-state index contributed by atoms with van der Waals surface area (Å²) in [4.78, 5) is 8.75. The van der Waals surface area contributed by atoms with E-state index in [0.29, 0.717) is 0 Å². The lowest BCUT2D eigenvalue weighted by Gasteiger charge is -2.11. The van der Waals surface area contributed by atoms with Crippen molar-refractivity contribution in [2.45, 2.75) is 0 Å². The molecule has 3 heterocycles. The van der Waals surface area contributed by atoms with E-state index in [1.165, 1.54) is 42.4 Å². The highest BCUT2D eigenvalue weighted by Crippen LogP contribution is 2.44. The van der Waals surface area contributed by atoms with Crippen LogP contribution in [0, 0.1) is 0 Å². The van der Waals surface area contributed by atoms with Gasteiger partial charge in [0.05, 0.1) is 0 Å². The fourth-order valence-electron chi connectivity index (χ4n) is 5.08. The highest BCUT2D eigenvalue weighted by molar-refractivity contribution is 7.26. The first-order valence-corrected chi connectivity index (χ1v) is 13.1. The first-order chi connectivity index (χ1) is 18.3. The summed E-state index contributed by atoms with van der Waals surface area (Å²) >= 11 is 1.88. The summed E-state index contributed by atoms with van der Waals surface area (Å²) in [7, 11) is 0. The monoisotopic (exact) mass is 490 g/mol. The molecular weight excluding hydrogens is 468 g/mol. The Labute approximate surface area is 219 Å². The third-order valence-corrected chi connectivity index (χ3v) is 8.13. The van der Waals surface area contributed by atoms with Gasteiger partial charge in [0.15, 0.2) is 0 Å². The van der Waals surface area contributed by atoms with E-state index in [1.807, 2.05) is 48.3 Å². The lowest BCUT2D eigenvalue weighted by atomic mass is 9.93. The van der Waals surface area contributed by atoms with Gasteiger partial charge in [0.25, 0.3) is 0 Å². The van der Waals surface area contributed by atoms with Crippen molar-refractivity contribution in [3.05, 3.63) is 134 Å². The molecule has 174 valence electrons. The van der Waals surface area contributed by atoms with E-state index in [9.17, 15) is 0 Å². The van der Waals surface area contributed by atoms with Gasteiger partial charge in [-0.05, 0) is 63.7 Å². The second-order valence-electron chi connectivity index (χ2n) is 9.12. The van der Waals surface area contributed by atoms with E-state index >= 15 is 0 Å². The quantitative estimate of drug-likeness (QED) is 0.245. The van der Waals surface area contributed by atoms with E-state index in [1.54, 1.807) is 0 Å². The van der Waals surface area contributed by atoms with E-state index < -0.39 is 0 Å². The molecule has 0 aliphatic rings. The van der Waals surface area contributed by atoms with Gasteiger partial charge in [-0.25, -0.2) is 0 Å². The smallest absolute Gasteiger partial charge is 0.0434 e. The Bertz CT molecular complexity index is 1800. The summed E-state index contributed by atoms with van der Waals surface area (Å²) in [6, 6.07) is 39.0. The summed E-state index contributed by atoms with van der Waals surface area (Å²) in [5.41, 5.74) is 9.46. The van der Waals surface area contributed by atoms with Crippen molar-refractivity contribution < 1.29 is 0 Å². The Morgan fingerprint density at radius 2 is 0.919 bits per heavy atom. The third-order valence-electron chi connectivity index (χ3n) is 6.84. The summed E-state index contributed by atoms with van der Waals surface area (Å²) in [6.07, 6.45) is 7.49. The van der Waals surface area contributed by atoms with Gasteiger partial charge in [-0.2, -0.15) is 0 Å². The van der Waals surface area contributed by atoms with Crippen LogP contribution in [0.15, 0.2) is 134 Å². The number of aromatic nitrogens is 2. The molecule has 0 N–H and O–H groups in total. The van der Waals surface area contributed by atoms with E-state index in [0.717, 1.165) is 22.3 Å². The normalized spacial score (nSPS) is 11.2. The molecule has 0 aliphatic carbocycles. The number of pyridine rings is 2. The Morgan fingerprint density at radius 1 is 0.405 bits per heavy atom. The van der Waals surface area contributed by atoms with E-state index in [4.69, 9.17) is 0 Å². The number of nitrogens with zero attached hydrogens (tertiary/aromatic N) is 2. The number of thiophene rings is 1. The topological polar surface area (TPSA) is 25.8 Å². The predicted molar refractivity (Wildman–Crippen MR) is 157 cm³/mol. The Kier molecular flexibility index (Phi) is 5.34. The molecule has 0 aliphatic heterocycles. The van der Waals surface area contributed by atoms with Crippen molar-refractivity contribution in [2.24, 2.45) is 0 Å². The Hall–Kier alpha value is -4.60. The van der Waals surface area contributed by atoms with Gasteiger partial charge in [0, 0.05) is 56.1 Å². The van der Waals surface area contributed by atoms with Crippen LogP contribution in [0.3, 0.4) is 0 Å². The zero-order valence-electron chi connectivity index (χ0n) is 20.0. The van der Waals surface area contributed by atoms with Crippen LogP contribution in [-0.2, 0) is 0 Å². The highest BCUT2D eigenvalue weighted by Gasteiger charge is 2.15. The molecule has 4 aromatic carbocycles. The van der Waals surface area contributed by atoms with Gasteiger partial charge >= 0.3 is 0 Å². The van der Waals surface area contributed by atoms with Crippen LogP contribution in [0.4, 0.5) is 0 Å². The molecule has 3 heteroatoms.